The normalized spacial score (nSPS) is 21.9. The average Bonchev–Trinajstić information content (AvgIpc) is 3.41. The quantitative estimate of drug-likeness (QED) is 0.401. The molecule has 0 amide bonds. The molecule has 12 heteroatoms. The van der Waals surface area contributed by atoms with Crippen LogP contribution < -0.4 is 0 Å². The van der Waals surface area contributed by atoms with Gasteiger partial charge < -0.3 is 5.11 Å². The number of pyridine rings is 1. The van der Waals surface area contributed by atoms with E-state index in [1.807, 2.05) is 13.0 Å². The minimum atomic E-state index is -4.92. The Bertz CT molecular complexity index is 1470. The lowest BCUT2D eigenvalue weighted by atomic mass is 9.70. The van der Waals surface area contributed by atoms with Gasteiger partial charge in [0.1, 0.15) is 5.82 Å². The van der Waals surface area contributed by atoms with Gasteiger partial charge in [0.05, 0.1) is 23.7 Å². The number of sulfonamides is 1. The van der Waals surface area contributed by atoms with Crippen LogP contribution in [0, 0.1) is 17.2 Å². The minimum absolute atomic E-state index is 0.157. The number of halogens is 4. The first-order valence-corrected chi connectivity index (χ1v) is 14.1. The van der Waals surface area contributed by atoms with E-state index in [0.29, 0.717) is 30.5 Å². The van der Waals surface area contributed by atoms with Crippen LogP contribution in [0.15, 0.2) is 60.6 Å². The number of hydrogen-bond donors (Lipinski definition) is 1. The van der Waals surface area contributed by atoms with Crippen LogP contribution in [-0.4, -0.2) is 57.6 Å². The lowest BCUT2D eigenvalue weighted by Crippen LogP contribution is -2.45. The molecule has 2 heterocycles. The first kappa shape index (κ1) is 27.5. The second-order valence-corrected chi connectivity index (χ2v) is 12.4. The van der Waals surface area contributed by atoms with E-state index in [-0.39, 0.29) is 18.3 Å². The van der Waals surface area contributed by atoms with Gasteiger partial charge in [-0.15, -0.1) is 0 Å². The van der Waals surface area contributed by atoms with Crippen molar-refractivity contribution in [3.63, 3.8) is 0 Å². The number of fused-ring (bicyclic) bond motifs is 2. The molecule has 0 bridgehead atoms. The summed E-state index contributed by atoms with van der Waals surface area (Å²) in [6, 6.07) is 8.96. The van der Waals surface area contributed by atoms with E-state index in [4.69, 9.17) is 0 Å². The zero-order valence-electron chi connectivity index (χ0n) is 21.1. The molecular weight excluding hydrogens is 536 g/mol. The Balaban J connectivity index is 1.42. The molecule has 1 saturated carbocycles. The number of aromatic nitrogens is 3. The van der Waals surface area contributed by atoms with Crippen molar-refractivity contribution < 1.29 is 31.1 Å². The number of aliphatic hydroxyl groups is 1. The van der Waals surface area contributed by atoms with E-state index in [9.17, 15) is 31.1 Å². The van der Waals surface area contributed by atoms with Crippen LogP contribution in [0.3, 0.4) is 0 Å². The molecule has 0 aliphatic heterocycles. The average molecular weight is 565 g/mol. The van der Waals surface area contributed by atoms with Gasteiger partial charge in [-0.2, -0.15) is 22.6 Å². The molecule has 1 N–H and O–H groups in total. The number of nitrogens with zero attached hydrogens (tertiary/aromatic N) is 4. The van der Waals surface area contributed by atoms with Crippen molar-refractivity contribution >= 4 is 16.1 Å². The maximum Gasteiger partial charge on any atom is 0.404 e. The maximum absolute atomic E-state index is 13.4. The van der Waals surface area contributed by atoms with Crippen LogP contribution >= 0.6 is 0 Å². The number of allylic oxidation sites excluding steroid dienone is 1. The summed E-state index contributed by atoms with van der Waals surface area (Å²) in [5, 5.41) is 15.2. The highest BCUT2D eigenvalue weighted by Gasteiger charge is 2.48. The molecule has 2 aliphatic carbocycles. The summed E-state index contributed by atoms with van der Waals surface area (Å²) in [6.45, 7) is 1.35. The zero-order chi connectivity index (χ0) is 28.0. The number of benzene rings is 1. The van der Waals surface area contributed by atoms with Crippen LogP contribution in [0.25, 0.3) is 11.8 Å². The molecule has 208 valence electrons. The Kier molecular flexibility index (Phi) is 7.15. The Morgan fingerprint density at radius 1 is 1.18 bits per heavy atom. The first-order chi connectivity index (χ1) is 18.4. The fourth-order valence-electron chi connectivity index (χ4n) is 5.74. The van der Waals surface area contributed by atoms with Crippen LogP contribution in [-0.2, 0) is 16.4 Å². The summed E-state index contributed by atoms with van der Waals surface area (Å²) in [5.41, 5.74) is 3.39. The van der Waals surface area contributed by atoms with Gasteiger partial charge in [-0.05, 0) is 84.2 Å². The second-order valence-electron chi connectivity index (χ2n) is 10.4. The van der Waals surface area contributed by atoms with Gasteiger partial charge in [-0.3, -0.25) is 4.98 Å². The molecule has 1 unspecified atom stereocenters. The largest absolute Gasteiger partial charge is 0.404 e. The summed E-state index contributed by atoms with van der Waals surface area (Å²) in [4.78, 5) is 3.86. The second kappa shape index (κ2) is 10.1. The Labute approximate surface area is 223 Å². The van der Waals surface area contributed by atoms with E-state index in [1.54, 1.807) is 23.0 Å². The highest BCUT2D eigenvalue weighted by molar-refractivity contribution is 7.89. The molecule has 3 atom stereocenters. The Hall–Kier alpha value is -3.09. The van der Waals surface area contributed by atoms with Crippen LogP contribution in [0.1, 0.15) is 42.7 Å². The van der Waals surface area contributed by atoms with Gasteiger partial charge in [0.2, 0.25) is 10.0 Å². The van der Waals surface area contributed by atoms with Crippen molar-refractivity contribution in [2.75, 3.05) is 18.8 Å². The molecule has 1 aromatic carbocycles. The van der Waals surface area contributed by atoms with Crippen molar-refractivity contribution in [1.82, 2.24) is 19.1 Å². The predicted molar refractivity (Wildman–Crippen MR) is 137 cm³/mol. The third-order valence-electron chi connectivity index (χ3n) is 7.85. The number of rotatable bonds is 8. The van der Waals surface area contributed by atoms with Crippen LogP contribution in [0.4, 0.5) is 17.6 Å². The van der Waals surface area contributed by atoms with E-state index in [1.165, 1.54) is 36.7 Å². The molecule has 3 aromatic rings. The molecule has 2 aliphatic rings. The zero-order valence-corrected chi connectivity index (χ0v) is 22.0. The number of aliphatic hydroxyl groups excluding tert-OH is 1. The number of alkyl halides is 3. The van der Waals surface area contributed by atoms with Crippen molar-refractivity contribution in [2.24, 2.45) is 11.3 Å². The van der Waals surface area contributed by atoms with Gasteiger partial charge >= 0.3 is 6.18 Å². The summed E-state index contributed by atoms with van der Waals surface area (Å²) in [6.07, 6.45) is 2.11. The fourth-order valence-corrected chi connectivity index (χ4v) is 7.12. The Morgan fingerprint density at radius 3 is 2.54 bits per heavy atom. The van der Waals surface area contributed by atoms with Gasteiger partial charge in [0.15, 0.2) is 5.75 Å². The summed E-state index contributed by atoms with van der Waals surface area (Å²) < 4.78 is 81.6. The smallest absolute Gasteiger partial charge is 0.387 e. The Morgan fingerprint density at radius 2 is 1.87 bits per heavy atom. The minimum Gasteiger partial charge on any atom is -0.387 e. The third-order valence-corrected chi connectivity index (χ3v) is 9.63. The van der Waals surface area contributed by atoms with Crippen molar-refractivity contribution in [1.29, 1.82) is 0 Å². The highest BCUT2D eigenvalue weighted by Crippen LogP contribution is 2.53. The van der Waals surface area contributed by atoms with Gasteiger partial charge in [0.25, 0.3) is 0 Å². The van der Waals surface area contributed by atoms with E-state index in [2.05, 4.69) is 10.1 Å². The van der Waals surface area contributed by atoms with Gasteiger partial charge in [0, 0.05) is 25.5 Å². The maximum atomic E-state index is 13.4. The molecule has 0 saturated heterocycles. The predicted octanol–water partition coefficient (Wildman–Crippen LogP) is 4.69. The molecule has 7 nitrogen and oxygen atoms in total. The fraction of sp³-hybridized carbons (Fsp3) is 0.407. The lowest BCUT2D eigenvalue weighted by molar-refractivity contribution is -0.107. The van der Waals surface area contributed by atoms with E-state index < -0.39 is 40.0 Å². The summed E-state index contributed by atoms with van der Waals surface area (Å²) in [5.74, 6) is -2.63. The summed E-state index contributed by atoms with van der Waals surface area (Å²) in [7, 11) is -4.77. The van der Waals surface area contributed by atoms with Crippen molar-refractivity contribution in [3.8, 4) is 5.69 Å². The molecule has 0 radical (unpaired) electrons. The molecule has 0 spiro atoms. The van der Waals surface area contributed by atoms with E-state index >= 15 is 0 Å². The van der Waals surface area contributed by atoms with Crippen LogP contribution in [0.2, 0.25) is 0 Å². The lowest BCUT2D eigenvalue weighted by Gasteiger charge is -2.38. The first-order valence-electron chi connectivity index (χ1n) is 12.5. The highest BCUT2D eigenvalue weighted by atomic mass is 32.2. The standard InChI is InChI=1S/C27H28F4N4O3S/c1-26-13-19-14-33-35(23-6-4-22(28)5-7-23)24(19)12-20(26)2-3-21(26)15-34(39(37,38)17-27(29,30)31)16-25(36)18-8-10-32-11-9-18/h4-12,14,21,25,36H,2-3,13,15-17H2,1H3/t21-,25?,26+/m1/s1. The van der Waals surface area contributed by atoms with E-state index in [0.717, 1.165) is 21.1 Å². The molecule has 2 aromatic heterocycles. The van der Waals surface area contributed by atoms with Gasteiger partial charge in [-0.1, -0.05) is 12.5 Å². The molecule has 5 rings (SSSR count). The molecule has 1 fully saturated rings. The van der Waals surface area contributed by atoms with Gasteiger partial charge in [-0.25, -0.2) is 17.5 Å². The van der Waals surface area contributed by atoms with Crippen LogP contribution in [0.5, 0.6) is 0 Å². The SMILES string of the molecule is C[C@]12Cc3cnn(-c4ccc(F)cc4)c3C=C1CC[C@@H]2CN(CC(O)c1ccncc1)S(=O)(=O)CC(F)(F)F. The molecular formula is C27H28F4N4O3S. The van der Waals surface area contributed by atoms with Crippen molar-refractivity contribution in [3.05, 3.63) is 83.2 Å². The monoisotopic (exact) mass is 564 g/mol. The third kappa shape index (κ3) is 5.64. The topological polar surface area (TPSA) is 88.3 Å². The van der Waals surface area contributed by atoms with Crippen molar-refractivity contribution in [2.45, 2.75) is 38.5 Å². The summed E-state index contributed by atoms with van der Waals surface area (Å²) >= 11 is 0. The number of hydrogen-bond acceptors (Lipinski definition) is 5. The molecule has 39 heavy (non-hydrogen) atoms.